The van der Waals surface area contributed by atoms with Gasteiger partial charge in [0.2, 0.25) is 22.7 Å². The molecule has 1 aliphatic heterocycles. The summed E-state index contributed by atoms with van der Waals surface area (Å²) in [7, 11) is -2.07. The van der Waals surface area contributed by atoms with Gasteiger partial charge in [-0.3, -0.25) is 9.10 Å². The minimum atomic E-state index is -3.58. The summed E-state index contributed by atoms with van der Waals surface area (Å²) < 4.78 is 41.3. The Labute approximate surface area is 157 Å². The molecule has 0 saturated carbocycles. The summed E-state index contributed by atoms with van der Waals surface area (Å²) in [6.07, 6.45) is 1.06. The number of anilines is 2. The van der Waals surface area contributed by atoms with Crippen LogP contribution in [0.2, 0.25) is 0 Å². The summed E-state index contributed by atoms with van der Waals surface area (Å²) in [4.78, 5) is 12.3. The van der Waals surface area contributed by atoms with Crippen LogP contribution in [0.25, 0.3) is 0 Å². The van der Waals surface area contributed by atoms with Gasteiger partial charge < -0.3 is 19.5 Å². The molecule has 8 nitrogen and oxygen atoms in total. The Morgan fingerprint density at radius 3 is 2.67 bits per heavy atom. The van der Waals surface area contributed by atoms with Crippen molar-refractivity contribution < 1.29 is 27.4 Å². The van der Waals surface area contributed by atoms with Crippen molar-refractivity contribution in [1.82, 2.24) is 0 Å². The van der Waals surface area contributed by atoms with Gasteiger partial charge in [0.25, 0.3) is 0 Å². The zero-order valence-electron chi connectivity index (χ0n) is 15.0. The molecule has 1 amide bonds. The molecule has 0 aromatic heterocycles. The fraction of sp³-hybridized carbons (Fsp3) is 0.278. The number of fused-ring (bicyclic) bond motifs is 1. The van der Waals surface area contributed by atoms with Gasteiger partial charge in [0.15, 0.2) is 11.5 Å². The van der Waals surface area contributed by atoms with Gasteiger partial charge in [0, 0.05) is 19.0 Å². The average Bonchev–Trinajstić information content (AvgIpc) is 3.09. The number of carbonyl (C=O) groups is 1. The number of methoxy groups -OCH3 is 1. The van der Waals surface area contributed by atoms with Crippen LogP contribution in [0.1, 0.15) is 6.42 Å². The molecule has 0 unspecified atom stereocenters. The number of amides is 1. The monoisotopic (exact) mass is 392 g/mol. The fourth-order valence-electron chi connectivity index (χ4n) is 2.69. The van der Waals surface area contributed by atoms with Crippen molar-refractivity contribution in [2.45, 2.75) is 6.42 Å². The predicted octanol–water partition coefficient (Wildman–Crippen LogP) is 2.22. The van der Waals surface area contributed by atoms with Crippen molar-refractivity contribution >= 4 is 27.3 Å². The first-order valence-electron chi connectivity index (χ1n) is 8.19. The van der Waals surface area contributed by atoms with Crippen LogP contribution in [0, 0.1) is 0 Å². The normalized spacial score (nSPS) is 12.5. The van der Waals surface area contributed by atoms with E-state index < -0.39 is 10.0 Å². The lowest BCUT2D eigenvalue weighted by molar-refractivity contribution is -0.116. The fourth-order valence-corrected chi connectivity index (χ4v) is 3.61. The van der Waals surface area contributed by atoms with Crippen LogP contribution in [0.3, 0.4) is 0 Å². The molecule has 2 aromatic carbocycles. The Morgan fingerprint density at radius 1 is 1.19 bits per heavy atom. The van der Waals surface area contributed by atoms with E-state index in [4.69, 9.17) is 14.2 Å². The van der Waals surface area contributed by atoms with Gasteiger partial charge in [-0.2, -0.15) is 0 Å². The van der Waals surface area contributed by atoms with Crippen molar-refractivity contribution in [2.75, 3.05) is 36.3 Å². The van der Waals surface area contributed by atoms with Crippen LogP contribution in [-0.4, -0.2) is 41.0 Å². The Bertz CT molecular complexity index is 945. The predicted molar refractivity (Wildman–Crippen MR) is 101 cm³/mol. The largest absolute Gasteiger partial charge is 0.495 e. The van der Waals surface area contributed by atoms with Gasteiger partial charge >= 0.3 is 0 Å². The molecule has 1 heterocycles. The second-order valence-corrected chi connectivity index (χ2v) is 7.78. The van der Waals surface area contributed by atoms with E-state index in [9.17, 15) is 13.2 Å². The summed E-state index contributed by atoms with van der Waals surface area (Å²) in [5, 5.41) is 2.73. The molecular formula is C18H20N2O6S. The van der Waals surface area contributed by atoms with E-state index in [-0.39, 0.29) is 25.7 Å². The third kappa shape index (κ3) is 4.43. The number of rotatable bonds is 7. The van der Waals surface area contributed by atoms with Crippen LogP contribution < -0.4 is 23.8 Å². The average molecular weight is 392 g/mol. The second kappa shape index (κ2) is 7.75. The third-order valence-corrected chi connectivity index (χ3v) is 5.16. The molecule has 2 aromatic rings. The maximum absolute atomic E-state index is 12.3. The van der Waals surface area contributed by atoms with Crippen molar-refractivity contribution in [1.29, 1.82) is 0 Å². The number of sulfonamides is 1. The molecule has 0 radical (unpaired) electrons. The molecule has 0 aliphatic carbocycles. The molecule has 0 fully saturated rings. The lowest BCUT2D eigenvalue weighted by Crippen LogP contribution is -2.33. The number of hydrogen-bond acceptors (Lipinski definition) is 6. The smallest absolute Gasteiger partial charge is 0.232 e. The Hall–Kier alpha value is -2.94. The van der Waals surface area contributed by atoms with E-state index in [1.54, 1.807) is 42.5 Å². The molecule has 0 bridgehead atoms. The van der Waals surface area contributed by atoms with E-state index in [0.717, 1.165) is 10.6 Å². The summed E-state index contributed by atoms with van der Waals surface area (Å²) in [6.45, 7) is 0.0818. The topological polar surface area (TPSA) is 94.2 Å². The van der Waals surface area contributed by atoms with Crippen LogP contribution in [0.15, 0.2) is 42.5 Å². The first kappa shape index (κ1) is 18.8. The minimum absolute atomic E-state index is 0.0144. The Morgan fingerprint density at radius 2 is 1.93 bits per heavy atom. The van der Waals surface area contributed by atoms with Crippen LogP contribution in [-0.2, 0) is 14.8 Å². The molecule has 1 N–H and O–H groups in total. The van der Waals surface area contributed by atoms with Crippen molar-refractivity contribution in [3.63, 3.8) is 0 Å². The maximum Gasteiger partial charge on any atom is 0.232 e. The molecular weight excluding hydrogens is 372 g/mol. The number of carbonyl (C=O) groups excluding carboxylic acids is 1. The summed E-state index contributed by atoms with van der Waals surface area (Å²) in [5.74, 6) is 1.23. The number of benzene rings is 2. The number of nitrogens with one attached hydrogen (secondary N) is 1. The first-order valence-corrected chi connectivity index (χ1v) is 10.0. The van der Waals surface area contributed by atoms with Crippen LogP contribution in [0.4, 0.5) is 11.4 Å². The van der Waals surface area contributed by atoms with E-state index in [0.29, 0.717) is 28.6 Å². The van der Waals surface area contributed by atoms with Gasteiger partial charge in [-0.1, -0.05) is 12.1 Å². The highest BCUT2D eigenvalue weighted by Gasteiger charge is 2.22. The number of nitrogens with zero attached hydrogens (tertiary/aromatic N) is 1. The highest BCUT2D eigenvalue weighted by atomic mass is 32.2. The SMILES string of the molecule is COc1ccccc1NC(=O)CCN(c1ccc2c(c1)OCO2)S(C)(=O)=O. The highest BCUT2D eigenvalue weighted by molar-refractivity contribution is 7.92. The number of hydrogen-bond donors (Lipinski definition) is 1. The summed E-state index contributed by atoms with van der Waals surface area (Å²) >= 11 is 0. The van der Waals surface area contributed by atoms with Crippen LogP contribution in [0.5, 0.6) is 17.2 Å². The Kier molecular flexibility index (Phi) is 5.41. The van der Waals surface area contributed by atoms with Crippen molar-refractivity contribution in [2.24, 2.45) is 0 Å². The first-order chi connectivity index (χ1) is 12.9. The molecule has 0 atom stereocenters. The molecule has 1 aliphatic rings. The lowest BCUT2D eigenvalue weighted by Gasteiger charge is -2.22. The number of para-hydroxylation sites is 2. The zero-order chi connectivity index (χ0) is 19.4. The molecule has 144 valence electrons. The van der Waals surface area contributed by atoms with Gasteiger partial charge in [-0.05, 0) is 24.3 Å². The lowest BCUT2D eigenvalue weighted by atomic mass is 10.2. The van der Waals surface area contributed by atoms with E-state index in [1.165, 1.54) is 7.11 Å². The standard InChI is InChI=1S/C18H20N2O6S/c1-24-15-6-4-3-5-14(15)19-18(21)9-10-20(27(2,22)23)13-7-8-16-17(11-13)26-12-25-16/h3-8,11H,9-10,12H2,1-2H3,(H,19,21). The van der Waals surface area contributed by atoms with Crippen LogP contribution >= 0.6 is 0 Å². The van der Waals surface area contributed by atoms with Gasteiger partial charge in [0.05, 0.1) is 24.7 Å². The molecule has 0 spiro atoms. The second-order valence-electron chi connectivity index (χ2n) is 5.87. The Balaban J connectivity index is 1.71. The maximum atomic E-state index is 12.3. The molecule has 27 heavy (non-hydrogen) atoms. The van der Waals surface area contributed by atoms with E-state index >= 15 is 0 Å². The quantitative estimate of drug-likeness (QED) is 0.777. The van der Waals surface area contributed by atoms with Crippen molar-refractivity contribution in [3.05, 3.63) is 42.5 Å². The van der Waals surface area contributed by atoms with E-state index in [2.05, 4.69) is 5.32 Å². The minimum Gasteiger partial charge on any atom is -0.495 e. The van der Waals surface area contributed by atoms with Gasteiger partial charge in [-0.15, -0.1) is 0 Å². The molecule has 9 heteroatoms. The third-order valence-electron chi connectivity index (χ3n) is 3.97. The van der Waals surface area contributed by atoms with E-state index in [1.807, 2.05) is 0 Å². The number of ether oxygens (including phenoxy) is 3. The zero-order valence-corrected chi connectivity index (χ0v) is 15.8. The summed E-state index contributed by atoms with van der Waals surface area (Å²) in [6, 6.07) is 11.8. The molecule has 3 rings (SSSR count). The molecule has 0 saturated heterocycles. The highest BCUT2D eigenvalue weighted by Crippen LogP contribution is 2.36. The van der Waals surface area contributed by atoms with Gasteiger partial charge in [0.1, 0.15) is 5.75 Å². The summed E-state index contributed by atoms with van der Waals surface area (Å²) in [5.41, 5.74) is 0.936. The van der Waals surface area contributed by atoms with Gasteiger partial charge in [-0.25, -0.2) is 8.42 Å². The van der Waals surface area contributed by atoms with Crippen molar-refractivity contribution in [3.8, 4) is 17.2 Å².